The van der Waals surface area contributed by atoms with Gasteiger partial charge in [0.25, 0.3) is 11.6 Å². The van der Waals surface area contributed by atoms with Crippen LogP contribution in [0, 0.1) is 10.1 Å². The summed E-state index contributed by atoms with van der Waals surface area (Å²) in [4.78, 5) is 29.5. The van der Waals surface area contributed by atoms with Crippen LogP contribution in [0.2, 0.25) is 0 Å². The molecule has 3 aromatic rings. The first-order valence-electron chi connectivity index (χ1n) is 9.14. The van der Waals surface area contributed by atoms with Crippen molar-refractivity contribution in [1.29, 1.82) is 0 Å². The fourth-order valence-electron chi connectivity index (χ4n) is 3.19. The molecule has 0 saturated heterocycles. The van der Waals surface area contributed by atoms with Gasteiger partial charge in [-0.05, 0) is 41.5 Å². The molecular formula is C23H17N3O4. The maximum absolute atomic E-state index is 13.3. The van der Waals surface area contributed by atoms with E-state index in [0.717, 1.165) is 11.3 Å². The highest BCUT2D eigenvalue weighted by Gasteiger charge is 2.30. The van der Waals surface area contributed by atoms with Crippen LogP contribution in [0.1, 0.15) is 11.1 Å². The number of carbonyl (C=O) groups is 1. The summed E-state index contributed by atoms with van der Waals surface area (Å²) in [6.07, 6.45) is 5.11. The number of anilines is 1. The van der Waals surface area contributed by atoms with Crippen molar-refractivity contribution < 1.29 is 14.5 Å². The van der Waals surface area contributed by atoms with Gasteiger partial charge in [0.2, 0.25) is 5.88 Å². The highest BCUT2D eigenvalue weighted by Crippen LogP contribution is 2.35. The van der Waals surface area contributed by atoms with Crippen LogP contribution in [0.3, 0.4) is 0 Å². The van der Waals surface area contributed by atoms with Crippen LogP contribution in [-0.2, 0) is 4.79 Å². The molecule has 148 valence electrons. The van der Waals surface area contributed by atoms with Gasteiger partial charge in [-0.1, -0.05) is 30.3 Å². The number of benzene rings is 2. The van der Waals surface area contributed by atoms with Crippen molar-refractivity contribution in [1.82, 2.24) is 4.98 Å². The van der Waals surface area contributed by atoms with Crippen molar-refractivity contribution in [2.75, 3.05) is 12.0 Å². The Morgan fingerprint density at radius 1 is 1.03 bits per heavy atom. The number of carbonyl (C=O) groups excluding carboxylic acids is 1. The van der Waals surface area contributed by atoms with Crippen LogP contribution >= 0.6 is 0 Å². The molecule has 0 unspecified atom stereocenters. The van der Waals surface area contributed by atoms with Gasteiger partial charge in [0.05, 0.1) is 29.6 Å². The second-order valence-electron chi connectivity index (χ2n) is 6.54. The number of non-ortho nitro benzene ring substituents is 1. The van der Waals surface area contributed by atoms with Crippen LogP contribution in [0.5, 0.6) is 5.88 Å². The summed E-state index contributed by atoms with van der Waals surface area (Å²) in [6.45, 7) is 0. The number of methoxy groups -OCH3 is 1. The number of nitro benzene ring substituents is 1. The number of pyridine rings is 1. The second kappa shape index (κ2) is 8.00. The zero-order valence-corrected chi connectivity index (χ0v) is 16.1. The molecule has 1 aliphatic heterocycles. The first kappa shape index (κ1) is 19.1. The lowest BCUT2D eigenvalue weighted by atomic mass is 10.1. The van der Waals surface area contributed by atoms with Gasteiger partial charge in [-0.3, -0.25) is 19.8 Å². The smallest absolute Gasteiger partial charge is 0.269 e. The third-order valence-electron chi connectivity index (χ3n) is 4.67. The van der Waals surface area contributed by atoms with Crippen molar-refractivity contribution in [2.24, 2.45) is 0 Å². The number of nitro groups is 1. The number of aromatic nitrogens is 1. The molecule has 7 nitrogen and oxygen atoms in total. The number of nitrogens with zero attached hydrogens (tertiary/aromatic N) is 3. The van der Waals surface area contributed by atoms with Gasteiger partial charge < -0.3 is 4.74 Å². The van der Waals surface area contributed by atoms with E-state index in [4.69, 9.17) is 4.74 Å². The molecular weight excluding hydrogens is 382 g/mol. The summed E-state index contributed by atoms with van der Waals surface area (Å²) in [5, 5.41) is 10.9. The van der Waals surface area contributed by atoms with E-state index >= 15 is 0 Å². The van der Waals surface area contributed by atoms with E-state index in [1.54, 1.807) is 41.4 Å². The summed E-state index contributed by atoms with van der Waals surface area (Å²) >= 11 is 0. The van der Waals surface area contributed by atoms with Crippen molar-refractivity contribution in [3.05, 3.63) is 106 Å². The standard InChI is InChI=1S/C23H17N3O4/c1-30-22-12-11-20(15-24-22)25-21(17-5-3-2-4-6-17)14-18(23(25)27)13-16-7-9-19(10-8-16)26(28)29/h2-15H,1H3/b18-13+. The van der Waals surface area contributed by atoms with Gasteiger partial charge in [0.1, 0.15) is 0 Å². The SMILES string of the molecule is COc1ccc(N2C(=O)/C(=C/c3ccc([N+](=O)[O-])cc3)C=C2c2ccccc2)cn1. The Kier molecular flexibility index (Phi) is 5.09. The van der Waals surface area contributed by atoms with Gasteiger partial charge in [0, 0.05) is 23.8 Å². The number of amides is 1. The highest BCUT2D eigenvalue weighted by molar-refractivity contribution is 6.23. The number of ether oxygens (including phenoxy) is 1. The quantitative estimate of drug-likeness (QED) is 0.359. The first-order valence-corrected chi connectivity index (χ1v) is 9.14. The Morgan fingerprint density at radius 3 is 2.37 bits per heavy atom. The summed E-state index contributed by atoms with van der Waals surface area (Å²) in [5.41, 5.74) is 3.39. The van der Waals surface area contributed by atoms with E-state index in [0.29, 0.717) is 22.7 Å². The molecule has 0 fully saturated rings. The Labute approximate surface area is 172 Å². The number of hydrogen-bond donors (Lipinski definition) is 0. The molecule has 0 aliphatic carbocycles. The maximum atomic E-state index is 13.3. The third-order valence-corrected chi connectivity index (χ3v) is 4.67. The summed E-state index contributed by atoms with van der Waals surface area (Å²) in [6, 6.07) is 19.1. The molecule has 4 rings (SSSR count). The second-order valence-corrected chi connectivity index (χ2v) is 6.54. The Bertz CT molecular complexity index is 1150. The van der Waals surface area contributed by atoms with Crippen LogP contribution in [0.25, 0.3) is 11.8 Å². The molecule has 0 atom stereocenters. The highest BCUT2D eigenvalue weighted by atomic mass is 16.6. The lowest BCUT2D eigenvalue weighted by Crippen LogP contribution is -2.25. The molecule has 2 aromatic carbocycles. The van der Waals surface area contributed by atoms with Gasteiger partial charge in [-0.15, -0.1) is 0 Å². The summed E-state index contributed by atoms with van der Waals surface area (Å²) < 4.78 is 5.11. The zero-order chi connectivity index (χ0) is 21.1. The minimum absolute atomic E-state index is 0.00125. The molecule has 1 aliphatic rings. The van der Waals surface area contributed by atoms with Crippen LogP contribution in [-0.4, -0.2) is 22.9 Å². The Morgan fingerprint density at radius 2 is 1.77 bits per heavy atom. The first-order chi connectivity index (χ1) is 14.6. The van der Waals surface area contributed by atoms with E-state index in [1.165, 1.54) is 19.2 Å². The van der Waals surface area contributed by atoms with Crippen molar-refractivity contribution >= 4 is 29.1 Å². The molecule has 30 heavy (non-hydrogen) atoms. The van der Waals surface area contributed by atoms with Crippen molar-refractivity contribution in [3.63, 3.8) is 0 Å². The lowest BCUT2D eigenvalue weighted by Gasteiger charge is -2.20. The predicted molar refractivity (Wildman–Crippen MR) is 114 cm³/mol. The fourth-order valence-corrected chi connectivity index (χ4v) is 3.19. The van der Waals surface area contributed by atoms with E-state index in [-0.39, 0.29) is 11.6 Å². The fraction of sp³-hybridized carbons (Fsp3) is 0.0435. The lowest BCUT2D eigenvalue weighted by molar-refractivity contribution is -0.384. The van der Waals surface area contributed by atoms with E-state index in [2.05, 4.69) is 4.98 Å². The van der Waals surface area contributed by atoms with E-state index < -0.39 is 4.92 Å². The summed E-state index contributed by atoms with van der Waals surface area (Å²) in [5.74, 6) is 0.247. The topological polar surface area (TPSA) is 85.6 Å². The summed E-state index contributed by atoms with van der Waals surface area (Å²) in [7, 11) is 1.53. The Hall–Kier alpha value is -4.26. The third kappa shape index (κ3) is 3.68. The molecule has 0 bridgehead atoms. The van der Waals surface area contributed by atoms with Crippen LogP contribution < -0.4 is 9.64 Å². The molecule has 0 spiro atoms. The number of hydrogen-bond acceptors (Lipinski definition) is 5. The van der Waals surface area contributed by atoms with Gasteiger partial charge >= 0.3 is 0 Å². The average Bonchev–Trinajstić information content (AvgIpc) is 3.10. The van der Waals surface area contributed by atoms with Crippen molar-refractivity contribution in [3.8, 4) is 5.88 Å². The van der Waals surface area contributed by atoms with Crippen molar-refractivity contribution in [2.45, 2.75) is 0 Å². The van der Waals surface area contributed by atoms with E-state index in [1.807, 2.05) is 36.4 Å². The molecule has 7 heteroatoms. The molecule has 1 aromatic heterocycles. The molecule has 0 radical (unpaired) electrons. The zero-order valence-electron chi connectivity index (χ0n) is 16.1. The normalized spacial score (nSPS) is 14.7. The largest absolute Gasteiger partial charge is 0.481 e. The minimum atomic E-state index is -0.455. The van der Waals surface area contributed by atoms with Gasteiger partial charge in [-0.2, -0.15) is 0 Å². The monoisotopic (exact) mass is 399 g/mol. The van der Waals surface area contributed by atoms with Gasteiger partial charge in [-0.25, -0.2) is 4.98 Å². The minimum Gasteiger partial charge on any atom is -0.481 e. The Balaban J connectivity index is 1.76. The average molecular weight is 399 g/mol. The van der Waals surface area contributed by atoms with Gasteiger partial charge in [0.15, 0.2) is 0 Å². The number of rotatable bonds is 5. The molecule has 0 saturated carbocycles. The molecule has 1 amide bonds. The predicted octanol–water partition coefficient (Wildman–Crippen LogP) is 4.47. The molecule has 2 heterocycles. The van der Waals surface area contributed by atoms with E-state index in [9.17, 15) is 14.9 Å². The van der Waals surface area contributed by atoms with Crippen LogP contribution in [0.4, 0.5) is 11.4 Å². The maximum Gasteiger partial charge on any atom is 0.269 e. The molecule has 0 N–H and O–H groups in total. The van der Waals surface area contributed by atoms with Crippen LogP contribution in [0.15, 0.2) is 84.6 Å².